The van der Waals surface area contributed by atoms with E-state index in [1.807, 2.05) is 84.3 Å². The molecule has 0 bridgehead atoms. The summed E-state index contributed by atoms with van der Waals surface area (Å²) in [6.07, 6.45) is 5.36. The van der Waals surface area contributed by atoms with E-state index in [9.17, 15) is 18.0 Å². The first-order chi connectivity index (χ1) is 17.7. The van der Waals surface area contributed by atoms with Gasteiger partial charge in [0.1, 0.15) is 0 Å². The van der Waals surface area contributed by atoms with Crippen LogP contribution in [0.15, 0.2) is 60.7 Å². The Hall–Kier alpha value is -2.97. The van der Waals surface area contributed by atoms with Crippen LogP contribution in [0.5, 0.6) is 0 Å². The van der Waals surface area contributed by atoms with E-state index in [-0.39, 0.29) is 30.2 Å². The monoisotopic (exact) mass is 525 g/mol. The standard InChI is InChI=1S/C29H39N3O4S/c1-4-19-31(37(35,36)5-2)23-29(34)32(22-26-14-10-9-11-24(26)3)27-17-20-30(21-18-27)28(33)16-15-25-12-7-6-8-13-25/h6-16,27H,4-5,17-23H2,1-3H3/b16-15+. The quantitative estimate of drug-likeness (QED) is 0.414. The van der Waals surface area contributed by atoms with Gasteiger partial charge in [-0.25, -0.2) is 8.42 Å². The Morgan fingerprint density at radius 2 is 1.65 bits per heavy atom. The van der Waals surface area contributed by atoms with Crippen molar-refractivity contribution in [1.82, 2.24) is 14.1 Å². The Kier molecular flexibility index (Phi) is 10.5. The number of nitrogens with zero attached hydrogens (tertiary/aromatic N) is 3. The second-order valence-electron chi connectivity index (χ2n) is 9.48. The van der Waals surface area contributed by atoms with E-state index >= 15 is 0 Å². The molecule has 1 aliphatic heterocycles. The molecular formula is C29H39N3O4S. The number of carbonyl (C=O) groups is 2. The van der Waals surface area contributed by atoms with Crippen molar-refractivity contribution in [3.63, 3.8) is 0 Å². The van der Waals surface area contributed by atoms with E-state index in [4.69, 9.17) is 0 Å². The maximum atomic E-state index is 13.6. The van der Waals surface area contributed by atoms with E-state index in [2.05, 4.69) is 0 Å². The fraction of sp³-hybridized carbons (Fsp3) is 0.448. The zero-order valence-corrected chi connectivity index (χ0v) is 23.0. The number of piperidine rings is 1. The van der Waals surface area contributed by atoms with Crippen molar-refractivity contribution in [2.75, 3.05) is 31.9 Å². The molecule has 2 aromatic carbocycles. The number of hydrogen-bond acceptors (Lipinski definition) is 4. The molecule has 200 valence electrons. The van der Waals surface area contributed by atoms with Crippen LogP contribution in [0.25, 0.3) is 6.08 Å². The van der Waals surface area contributed by atoms with E-state index in [0.29, 0.717) is 45.4 Å². The first-order valence-corrected chi connectivity index (χ1v) is 14.7. The summed E-state index contributed by atoms with van der Waals surface area (Å²) >= 11 is 0. The Morgan fingerprint density at radius 3 is 2.27 bits per heavy atom. The van der Waals surface area contributed by atoms with Gasteiger partial charge in [0.2, 0.25) is 21.8 Å². The van der Waals surface area contributed by atoms with Crippen LogP contribution in [-0.4, -0.2) is 72.3 Å². The zero-order valence-electron chi connectivity index (χ0n) is 22.2. The van der Waals surface area contributed by atoms with Gasteiger partial charge in [0, 0.05) is 38.3 Å². The van der Waals surface area contributed by atoms with Crippen molar-refractivity contribution < 1.29 is 18.0 Å². The molecule has 1 saturated heterocycles. The average molecular weight is 526 g/mol. The van der Waals surface area contributed by atoms with Crippen LogP contribution in [-0.2, 0) is 26.2 Å². The zero-order chi connectivity index (χ0) is 26.8. The summed E-state index contributed by atoms with van der Waals surface area (Å²) < 4.78 is 26.6. The highest BCUT2D eigenvalue weighted by molar-refractivity contribution is 7.89. The predicted octanol–water partition coefficient (Wildman–Crippen LogP) is 4.09. The second kappa shape index (κ2) is 13.5. The minimum Gasteiger partial charge on any atom is -0.339 e. The topological polar surface area (TPSA) is 78.0 Å². The van der Waals surface area contributed by atoms with Crippen molar-refractivity contribution in [3.05, 3.63) is 77.4 Å². The lowest BCUT2D eigenvalue weighted by atomic mass is 10.0. The molecule has 0 radical (unpaired) electrons. The highest BCUT2D eigenvalue weighted by Gasteiger charge is 2.32. The van der Waals surface area contributed by atoms with Crippen molar-refractivity contribution in [2.45, 2.75) is 52.6 Å². The van der Waals surface area contributed by atoms with Crippen LogP contribution in [0.2, 0.25) is 0 Å². The maximum absolute atomic E-state index is 13.6. The van der Waals surface area contributed by atoms with E-state index in [1.54, 1.807) is 13.0 Å². The third-order valence-electron chi connectivity index (χ3n) is 6.90. The van der Waals surface area contributed by atoms with Gasteiger partial charge in [-0.15, -0.1) is 0 Å². The van der Waals surface area contributed by atoms with Crippen LogP contribution in [0, 0.1) is 6.92 Å². The van der Waals surface area contributed by atoms with Gasteiger partial charge in [-0.1, -0.05) is 61.5 Å². The fourth-order valence-electron chi connectivity index (χ4n) is 4.62. The summed E-state index contributed by atoms with van der Waals surface area (Å²) in [5.41, 5.74) is 3.10. The van der Waals surface area contributed by atoms with Gasteiger partial charge >= 0.3 is 0 Å². The summed E-state index contributed by atoms with van der Waals surface area (Å²) in [4.78, 5) is 30.0. The lowest BCUT2D eigenvalue weighted by Crippen LogP contribution is -2.51. The van der Waals surface area contributed by atoms with Gasteiger partial charge in [-0.2, -0.15) is 4.31 Å². The number of aryl methyl sites for hydroxylation is 1. The summed E-state index contributed by atoms with van der Waals surface area (Å²) in [5, 5.41) is 0. The summed E-state index contributed by atoms with van der Waals surface area (Å²) in [7, 11) is -3.49. The number of carbonyl (C=O) groups excluding carboxylic acids is 2. The van der Waals surface area contributed by atoms with Crippen LogP contribution in [0.1, 0.15) is 49.8 Å². The molecule has 1 aliphatic rings. The van der Waals surface area contributed by atoms with Gasteiger partial charge in [0.15, 0.2) is 0 Å². The molecule has 0 saturated carbocycles. The van der Waals surface area contributed by atoms with Crippen molar-refractivity contribution in [3.8, 4) is 0 Å². The molecule has 2 amide bonds. The van der Waals surface area contributed by atoms with Crippen LogP contribution in [0.4, 0.5) is 0 Å². The van der Waals surface area contributed by atoms with Gasteiger partial charge in [0.25, 0.3) is 0 Å². The molecule has 1 heterocycles. The molecular weight excluding hydrogens is 486 g/mol. The number of likely N-dealkylation sites (tertiary alicyclic amines) is 1. The third kappa shape index (κ3) is 8.01. The number of hydrogen-bond donors (Lipinski definition) is 0. The Balaban J connectivity index is 1.73. The molecule has 0 spiro atoms. The van der Waals surface area contributed by atoms with Crippen molar-refractivity contribution in [1.29, 1.82) is 0 Å². The number of sulfonamides is 1. The Morgan fingerprint density at radius 1 is 1.00 bits per heavy atom. The average Bonchev–Trinajstić information content (AvgIpc) is 2.91. The van der Waals surface area contributed by atoms with Crippen LogP contribution < -0.4 is 0 Å². The predicted molar refractivity (Wildman–Crippen MR) is 148 cm³/mol. The Labute approximate surface area is 221 Å². The molecule has 3 rings (SSSR count). The smallest absolute Gasteiger partial charge is 0.246 e. The van der Waals surface area contributed by atoms with E-state index < -0.39 is 10.0 Å². The van der Waals surface area contributed by atoms with Gasteiger partial charge < -0.3 is 9.80 Å². The lowest BCUT2D eigenvalue weighted by Gasteiger charge is -2.39. The largest absolute Gasteiger partial charge is 0.339 e. The number of benzene rings is 2. The molecule has 7 nitrogen and oxygen atoms in total. The summed E-state index contributed by atoms with van der Waals surface area (Å²) in [5.74, 6) is -0.264. The molecule has 0 unspecified atom stereocenters. The van der Waals surface area contributed by atoms with Gasteiger partial charge in [-0.05, 0) is 55.9 Å². The number of amides is 2. The third-order valence-corrected chi connectivity index (χ3v) is 8.73. The summed E-state index contributed by atoms with van der Waals surface area (Å²) in [6, 6.07) is 17.6. The molecule has 37 heavy (non-hydrogen) atoms. The van der Waals surface area contributed by atoms with Crippen molar-refractivity contribution in [2.24, 2.45) is 0 Å². The van der Waals surface area contributed by atoms with Crippen LogP contribution in [0.3, 0.4) is 0 Å². The van der Waals surface area contributed by atoms with E-state index in [0.717, 1.165) is 16.7 Å². The molecule has 1 fully saturated rings. The number of rotatable bonds is 11. The first kappa shape index (κ1) is 28.6. The SMILES string of the molecule is CCCN(CC(=O)N(Cc1ccccc1C)C1CCN(C(=O)/C=C/c2ccccc2)CC1)S(=O)(=O)CC. The minimum atomic E-state index is -3.49. The Bertz CT molecular complexity index is 1170. The maximum Gasteiger partial charge on any atom is 0.246 e. The van der Waals surface area contributed by atoms with Crippen LogP contribution >= 0.6 is 0 Å². The lowest BCUT2D eigenvalue weighted by molar-refractivity contribution is -0.136. The molecule has 0 N–H and O–H groups in total. The minimum absolute atomic E-state index is 0.0327. The van der Waals surface area contributed by atoms with E-state index in [1.165, 1.54) is 4.31 Å². The molecule has 0 atom stereocenters. The first-order valence-electron chi connectivity index (χ1n) is 13.1. The fourth-order valence-corrected chi connectivity index (χ4v) is 5.75. The molecule has 2 aromatic rings. The highest BCUT2D eigenvalue weighted by atomic mass is 32.2. The van der Waals surface area contributed by atoms with Crippen molar-refractivity contribution >= 4 is 27.9 Å². The summed E-state index contributed by atoms with van der Waals surface area (Å²) in [6.45, 7) is 7.21. The van der Waals surface area contributed by atoms with Gasteiger partial charge in [0.05, 0.1) is 12.3 Å². The molecule has 8 heteroatoms. The van der Waals surface area contributed by atoms with Gasteiger partial charge in [-0.3, -0.25) is 9.59 Å². The molecule has 0 aromatic heterocycles. The normalized spacial score (nSPS) is 14.9. The molecule has 0 aliphatic carbocycles. The highest BCUT2D eigenvalue weighted by Crippen LogP contribution is 2.22. The second-order valence-corrected chi connectivity index (χ2v) is 11.7.